The summed E-state index contributed by atoms with van der Waals surface area (Å²) in [5.41, 5.74) is 3.33. The summed E-state index contributed by atoms with van der Waals surface area (Å²) in [6, 6.07) is 20.9. The fourth-order valence-electron chi connectivity index (χ4n) is 4.00. The van der Waals surface area contributed by atoms with Gasteiger partial charge in [-0.1, -0.05) is 48.0 Å². The summed E-state index contributed by atoms with van der Waals surface area (Å²) >= 11 is 0. The zero-order valence-electron chi connectivity index (χ0n) is 17.1. The Hall–Kier alpha value is -3.18. The molecular formula is C25H26N2O3. The number of ether oxygens (including phenoxy) is 1. The van der Waals surface area contributed by atoms with Gasteiger partial charge >= 0.3 is 0 Å². The van der Waals surface area contributed by atoms with Crippen LogP contribution in [-0.4, -0.2) is 30.2 Å². The highest BCUT2D eigenvalue weighted by Crippen LogP contribution is 2.34. The minimum Gasteiger partial charge on any atom is -0.381 e. The third-order valence-corrected chi connectivity index (χ3v) is 5.91. The first-order valence-electron chi connectivity index (χ1n) is 10.3. The highest BCUT2D eigenvalue weighted by Gasteiger charge is 2.34. The zero-order valence-corrected chi connectivity index (χ0v) is 17.1. The number of carbonyl (C=O) groups is 1. The maximum absolute atomic E-state index is 13.0. The Kier molecular flexibility index (Phi) is 5.81. The SMILES string of the molecule is Cc1ccc(C2(CNC(=O)c3ccc(=O)n(-c4ccccc4)c3)CCOCC2)cc1. The van der Waals surface area contributed by atoms with Gasteiger partial charge in [0.1, 0.15) is 0 Å². The monoisotopic (exact) mass is 402 g/mol. The number of nitrogens with zero attached hydrogens (tertiary/aromatic N) is 1. The predicted molar refractivity (Wildman–Crippen MR) is 117 cm³/mol. The van der Waals surface area contributed by atoms with E-state index in [1.165, 1.54) is 21.8 Å². The van der Waals surface area contributed by atoms with E-state index in [-0.39, 0.29) is 16.9 Å². The number of para-hydroxylation sites is 1. The number of nitrogens with one attached hydrogen (secondary N) is 1. The van der Waals surface area contributed by atoms with Crippen LogP contribution >= 0.6 is 0 Å². The molecule has 0 atom stereocenters. The van der Waals surface area contributed by atoms with Crippen molar-refractivity contribution in [1.82, 2.24) is 9.88 Å². The number of benzene rings is 2. The Balaban J connectivity index is 1.56. The molecule has 3 aromatic rings. The van der Waals surface area contributed by atoms with E-state index in [0.29, 0.717) is 25.3 Å². The van der Waals surface area contributed by atoms with Crippen molar-refractivity contribution in [2.24, 2.45) is 0 Å². The largest absolute Gasteiger partial charge is 0.381 e. The Morgan fingerprint density at radius 2 is 1.70 bits per heavy atom. The first-order valence-corrected chi connectivity index (χ1v) is 10.3. The molecule has 5 nitrogen and oxygen atoms in total. The fourth-order valence-corrected chi connectivity index (χ4v) is 4.00. The lowest BCUT2D eigenvalue weighted by Crippen LogP contribution is -2.44. The van der Waals surface area contributed by atoms with Gasteiger partial charge < -0.3 is 10.1 Å². The number of carbonyl (C=O) groups excluding carboxylic acids is 1. The van der Waals surface area contributed by atoms with E-state index in [4.69, 9.17) is 4.74 Å². The van der Waals surface area contributed by atoms with E-state index in [1.807, 2.05) is 30.3 Å². The molecule has 30 heavy (non-hydrogen) atoms. The predicted octanol–water partition coefficient (Wildman–Crippen LogP) is 3.62. The summed E-state index contributed by atoms with van der Waals surface area (Å²) in [5.74, 6) is -0.183. The molecule has 1 amide bonds. The highest BCUT2D eigenvalue weighted by molar-refractivity contribution is 5.94. The van der Waals surface area contributed by atoms with Gasteiger partial charge in [-0.15, -0.1) is 0 Å². The Labute approximate surface area is 176 Å². The minimum atomic E-state index is -0.183. The second-order valence-corrected chi connectivity index (χ2v) is 7.90. The molecule has 0 aliphatic carbocycles. The highest BCUT2D eigenvalue weighted by atomic mass is 16.5. The summed E-state index contributed by atoms with van der Waals surface area (Å²) in [6.07, 6.45) is 3.33. The molecule has 1 aliphatic heterocycles. The summed E-state index contributed by atoms with van der Waals surface area (Å²) in [4.78, 5) is 25.2. The van der Waals surface area contributed by atoms with Crippen molar-refractivity contribution in [3.63, 3.8) is 0 Å². The molecule has 0 saturated carbocycles. The third kappa shape index (κ3) is 4.21. The second-order valence-electron chi connectivity index (χ2n) is 7.90. The van der Waals surface area contributed by atoms with E-state index >= 15 is 0 Å². The summed E-state index contributed by atoms with van der Waals surface area (Å²) in [6.45, 7) is 3.97. The van der Waals surface area contributed by atoms with Crippen LogP contribution < -0.4 is 10.9 Å². The molecule has 4 rings (SSSR count). The van der Waals surface area contributed by atoms with E-state index in [9.17, 15) is 9.59 Å². The van der Waals surface area contributed by atoms with Gasteiger partial charge in [0.25, 0.3) is 11.5 Å². The summed E-state index contributed by atoms with van der Waals surface area (Å²) < 4.78 is 7.09. The molecule has 0 radical (unpaired) electrons. The lowest BCUT2D eigenvalue weighted by Gasteiger charge is -2.38. The van der Waals surface area contributed by atoms with Crippen LogP contribution in [0, 0.1) is 6.92 Å². The Morgan fingerprint density at radius 3 is 2.40 bits per heavy atom. The lowest BCUT2D eigenvalue weighted by atomic mass is 9.74. The number of hydrogen-bond acceptors (Lipinski definition) is 3. The second kappa shape index (κ2) is 8.67. The van der Waals surface area contributed by atoms with Crippen molar-refractivity contribution in [3.8, 4) is 5.69 Å². The minimum absolute atomic E-state index is 0.143. The van der Waals surface area contributed by atoms with Gasteiger partial charge in [0.15, 0.2) is 0 Å². The maximum Gasteiger partial charge on any atom is 0.255 e. The van der Waals surface area contributed by atoms with Gasteiger partial charge in [0, 0.05) is 43.1 Å². The molecule has 154 valence electrons. The topological polar surface area (TPSA) is 60.3 Å². The molecule has 1 aliphatic rings. The van der Waals surface area contributed by atoms with Gasteiger partial charge in [0.05, 0.1) is 5.56 Å². The summed E-state index contributed by atoms with van der Waals surface area (Å²) in [7, 11) is 0. The van der Waals surface area contributed by atoms with Crippen LogP contribution in [-0.2, 0) is 10.2 Å². The third-order valence-electron chi connectivity index (χ3n) is 5.91. The van der Waals surface area contributed by atoms with E-state index < -0.39 is 0 Å². The van der Waals surface area contributed by atoms with Crippen LogP contribution in [0.2, 0.25) is 0 Å². The van der Waals surface area contributed by atoms with E-state index in [2.05, 4.69) is 36.5 Å². The molecule has 5 heteroatoms. The van der Waals surface area contributed by atoms with Crippen LogP contribution in [0.1, 0.15) is 34.3 Å². The lowest BCUT2D eigenvalue weighted by molar-refractivity contribution is 0.0487. The number of rotatable bonds is 5. The van der Waals surface area contributed by atoms with Crippen molar-refractivity contribution >= 4 is 5.91 Å². The molecule has 1 aromatic heterocycles. The number of aromatic nitrogens is 1. The molecule has 1 N–H and O–H groups in total. The molecule has 0 spiro atoms. The molecule has 0 bridgehead atoms. The quantitative estimate of drug-likeness (QED) is 0.709. The van der Waals surface area contributed by atoms with E-state index in [1.54, 1.807) is 12.3 Å². The smallest absolute Gasteiger partial charge is 0.255 e. The molecule has 1 fully saturated rings. The van der Waals surface area contributed by atoms with Crippen LogP contribution in [0.4, 0.5) is 0 Å². The van der Waals surface area contributed by atoms with Crippen LogP contribution in [0.5, 0.6) is 0 Å². The first kappa shape index (κ1) is 20.1. The van der Waals surface area contributed by atoms with Gasteiger partial charge in [-0.05, 0) is 43.5 Å². The number of aryl methyl sites for hydroxylation is 1. The van der Waals surface area contributed by atoms with Crippen LogP contribution in [0.25, 0.3) is 5.69 Å². The van der Waals surface area contributed by atoms with Gasteiger partial charge in [0.2, 0.25) is 0 Å². The van der Waals surface area contributed by atoms with Crippen molar-refractivity contribution in [2.75, 3.05) is 19.8 Å². The van der Waals surface area contributed by atoms with Crippen molar-refractivity contribution in [2.45, 2.75) is 25.2 Å². The van der Waals surface area contributed by atoms with Gasteiger partial charge in [-0.25, -0.2) is 0 Å². The zero-order chi connectivity index (χ0) is 21.0. The normalized spacial score (nSPS) is 15.5. The Bertz CT molecular complexity index is 1070. The first-order chi connectivity index (χ1) is 14.6. The van der Waals surface area contributed by atoms with E-state index in [0.717, 1.165) is 18.5 Å². The number of hydrogen-bond donors (Lipinski definition) is 1. The van der Waals surface area contributed by atoms with Crippen LogP contribution in [0.3, 0.4) is 0 Å². The molecule has 1 saturated heterocycles. The molecule has 2 heterocycles. The maximum atomic E-state index is 13.0. The van der Waals surface area contributed by atoms with Crippen molar-refractivity contribution in [1.29, 1.82) is 0 Å². The average Bonchev–Trinajstić information content (AvgIpc) is 2.79. The molecule has 2 aromatic carbocycles. The van der Waals surface area contributed by atoms with Gasteiger partial charge in [-0.2, -0.15) is 0 Å². The number of pyridine rings is 1. The Morgan fingerprint density at radius 1 is 1.00 bits per heavy atom. The van der Waals surface area contributed by atoms with Gasteiger partial charge in [-0.3, -0.25) is 14.2 Å². The standard InChI is InChI=1S/C25H26N2O3/c1-19-7-10-21(11-8-19)25(13-15-30-16-14-25)18-26-24(29)20-9-12-23(28)27(17-20)22-5-3-2-4-6-22/h2-12,17H,13-16,18H2,1H3,(H,26,29). The fraction of sp³-hybridized carbons (Fsp3) is 0.280. The number of amides is 1. The van der Waals surface area contributed by atoms with Crippen molar-refractivity contribution in [3.05, 3.63) is 100.0 Å². The average molecular weight is 402 g/mol. The summed E-state index contributed by atoms with van der Waals surface area (Å²) in [5, 5.41) is 3.11. The van der Waals surface area contributed by atoms with Crippen LogP contribution in [0.15, 0.2) is 77.7 Å². The molecule has 0 unspecified atom stereocenters. The molecular weight excluding hydrogens is 376 g/mol. The van der Waals surface area contributed by atoms with Crippen molar-refractivity contribution < 1.29 is 9.53 Å².